The quantitative estimate of drug-likeness (QED) is 0.438. The average molecular weight is 437 g/mol. The highest BCUT2D eigenvalue weighted by Gasteiger charge is 2.11. The number of aromatic nitrogens is 2. The summed E-state index contributed by atoms with van der Waals surface area (Å²) in [5, 5.41) is 12.5. The second kappa shape index (κ2) is 8.94. The molecule has 0 aliphatic heterocycles. The van der Waals surface area contributed by atoms with Gasteiger partial charge in [-0.05, 0) is 53.4 Å². The van der Waals surface area contributed by atoms with Crippen molar-refractivity contribution in [1.29, 1.82) is 0 Å². The lowest BCUT2D eigenvalue weighted by Gasteiger charge is -2.10. The Bertz CT molecular complexity index is 1150. The molecule has 0 spiro atoms. The number of nitrogens with one attached hydrogen (secondary N) is 2. The average Bonchev–Trinajstić information content (AvgIpc) is 3.43. The summed E-state index contributed by atoms with van der Waals surface area (Å²) in [6.07, 6.45) is 1.63. The van der Waals surface area contributed by atoms with Gasteiger partial charge in [0.1, 0.15) is 5.82 Å². The lowest BCUT2D eigenvalue weighted by Crippen LogP contribution is -2.16. The van der Waals surface area contributed by atoms with Gasteiger partial charge in [0, 0.05) is 22.3 Å². The molecule has 0 bridgehead atoms. The Morgan fingerprint density at radius 1 is 0.933 bits per heavy atom. The number of halogens is 1. The molecule has 8 heteroatoms. The van der Waals surface area contributed by atoms with E-state index in [-0.39, 0.29) is 11.8 Å². The van der Waals surface area contributed by atoms with Gasteiger partial charge in [-0.1, -0.05) is 29.8 Å². The van der Waals surface area contributed by atoms with E-state index in [1.807, 2.05) is 35.7 Å². The fourth-order valence-electron chi connectivity index (χ4n) is 2.82. The molecule has 2 heterocycles. The number of rotatable bonds is 6. The van der Waals surface area contributed by atoms with E-state index in [0.29, 0.717) is 33.5 Å². The van der Waals surface area contributed by atoms with Crippen molar-refractivity contribution in [3.05, 3.63) is 99.3 Å². The highest BCUT2D eigenvalue weighted by atomic mass is 35.5. The van der Waals surface area contributed by atoms with E-state index in [4.69, 9.17) is 11.6 Å². The van der Waals surface area contributed by atoms with Crippen molar-refractivity contribution in [2.45, 2.75) is 6.54 Å². The molecule has 0 saturated carbocycles. The predicted molar refractivity (Wildman–Crippen MR) is 119 cm³/mol. The Labute approximate surface area is 182 Å². The Morgan fingerprint density at radius 3 is 2.40 bits per heavy atom. The molecule has 0 atom stereocenters. The van der Waals surface area contributed by atoms with Crippen LogP contribution in [0.15, 0.2) is 78.3 Å². The topological polar surface area (TPSA) is 76.0 Å². The van der Waals surface area contributed by atoms with Crippen molar-refractivity contribution >= 4 is 46.3 Å². The summed E-state index contributed by atoms with van der Waals surface area (Å²) >= 11 is 7.30. The zero-order chi connectivity index (χ0) is 20.9. The molecule has 0 aliphatic rings. The van der Waals surface area contributed by atoms with Crippen molar-refractivity contribution in [2.24, 2.45) is 0 Å². The number of hydrogen-bond donors (Lipinski definition) is 2. The fourth-order valence-corrected chi connectivity index (χ4v) is 3.57. The molecule has 4 aromatic rings. The van der Waals surface area contributed by atoms with E-state index in [9.17, 15) is 9.59 Å². The van der Waals surface area contributed by atoms with E-state index < -0.39 is 0 Å². The molecule has 2 aromatic heterocycles. The van der Waals surface area contributed by atoms with Crippen LogP contribution in [0.2, 0.25) is 5.02 Å². The zero-order valence-corrected chi connectivity index (χ0v) is 17.3. The van der Waals surface area contributed by atoms with Crippen LogP contribution in [-0.4, -0.2) is 21.6 Å². The number of benzene rings is 2. The van der Waals surface area contributed by atoms with Gasteiger partial charge in [-0.2, -0.15) is 5.10 Å². The van der Waals surface area contributed by atoms with Gasteiger partial charge in [0.2, 0.25) is 0 Å². The van der Waals surface area contributed by atoms with E-state index in [2.05, 4.69) is 15.7 Å². The number of anilines is 2. The highest BCUT2D eigenvalue weighted by molar-refractivity contribution is 7.12. The third-order valence-electron chi connectivity index (χ3n) is 4.35. The van der Waals surface area contributed by atoms with Gasteiger partial charge in [0.05, 0.1) is 17.6 Å². The molecule has 150 valence electrons. The first-order valence-corrected chi connectivity index (χ1v) is 10.4. The molecule has 0 saturated heterocycles. The van der Waals surface area contributed by atoms with Crippen LogP contribution in [0.5, 0.6) is 0 Å². The molecule has 6 nitrogen and oxygen atoms in total. The van der Waals surface area contributed by atoms with Crippen LogP contribution in [0.1, 0.15) is 25.6 Å². The molecular weight excluding hydrogens is 420 g/mol. The summed E-state index contributed by atoms with van der Waals surface area (Å²) in [6, 6.07) is 19.5. The molecule has 0 aliphatic carbocycles. The summed E-state index contributed by atoms with van der Waals surface area (Å²) in [5.74, 6) is 0.155. The van der Waals surface area contributed by atoms with Gasteiger partial charge < -0.3 is 10.6 Å². The molecule has 30 heavy (non-hydrogen) atoms. The summed E-state index contributed by atoms with van der Waals surface area (Å²) in [4.78, 5) is 25.4. The maximum Gasteiger partial charge on any atom is 0.265 e. The fraction of sp³-hybridized carbons (Fsp3) is 0.0455. The van der Waals surface area contributed by atoms with Crippen LogP contribution >= 0.6 is 22.9 Å². The first-order valence-electron chi connectivity index (χ1n) is 9.11. The molecule has 2 N–H and O–H groups in total. The van der Waals surface area contributed by atoms with E-state index >= 15 is 0 Å². The van der Waals surface area contributed by atoms with Gasteiger partial charge in [0.15, 0.2) is 0 Å². The highest BCUT2D eigenvalue weighted by Crippen LogP contribution is 2.17. The summed E-state index contributed by atoms with van der Waals surface area (Å²) in [6.45, 7) is 0.507. The van der Waals surface area contributed by atoms with Gasteiger partial charge in [-0.3, -0.25) is 9.59 Å². The molecule has 0 radical (unpaired) electrons. The number of nitrogens with zero attached hydrogens (tertiary/aromatic N) is 2. The molecule has 0 fully saturated rings. The number of hydrogen-bond acceptors (Lipinski definition) is 4. The lowest BCUT2D eigenvalue weighted by atomic mass is 10.2. The molecule has 2 aromatic carbocycles. The number of carbonyl (C=O) groups excluding carboxylic acids is 2. The summed E-state index contributed by atoms with van der Waals surface area (Å²) in [7, 11) is 0. The van der Waals surface area contributed by atoms with Crippen molar-refractivity contribution in [3.63, 3.8) is 0 Å². The third-order valence-corrected chi connectivity index (χ3v) is 5.47. The minimum atomic E-state index is -0.260. The minimum absolute atomic E-state index is 0.173. The van der Waals surface area contributed by atoms with Crippen molar-refractivity contribution < 1.29 is 9.59 Å². The minimum Gasteiger partial charge on any atom is -0.321 e. The zero-order valence-electron chi connectivity index (χ0n) is 15.7. The van der Waals surface area contributed by atoms with Crippen molar-refractivity contribution in [2.75, 3.05) is 10.6 Å². The van der Waals surface area contributed by atoms with E-state index in [0.717, 1.165) is 5.56 Å². The normalized spacial score (nSPS) is 10.6. The SMILES string of the molecule is O=C(Nc1ccnn1Cc1ccc(Cl)cc1)c1ccc(NC(=O)c2cccs2)cc1. The third kappa shape index (κ3) is 4.76. The van der Waals surface area contributed by atoms with Crippen LogP contribution in [-0.2, 0) is 6.54 Å². The number of amides is 2. The molecule has 2 amide bonds. The Hall–Kier alpha value is -3.42. The van der Waals surface area contributed by atoms with Crippen molar-refractivity contribution in [1.82, 2.24) is 9.78 Å². The maximum absolute atomic E-state index is 12.6. The largest absolute Gasteiger partial charge is 0.321 e. The Balaban J connectivity index is 1.40. The van der Waals surface area contributed by atoms with Gasteiger partial charge in [-0.25, -0.2) is 4.68 Å². The number of thiophene rings is 1. The second-order valence-corrected chi connectivity index (χ2v) is 7.85. The molecule has 4 rings (SSSR count). The van der Waals surface area contributed by atoms with Crippen LogP contribution < -0.4 is 10.6 Å². The Kier molecular flexibility index (Phi) is 5.92. The van der Waals surface area contributed by atoms with Crippen LogP contribution in [0.25, 0.3) is 0 Å². The first kappa shape index (κ1) is 19.9. The van der Waals surface area contributed by atoms with Crippen molar-refractivity contribution in [3.8, 4) is 0 Å². The standard InChI is InChI=1S/C22H17ClN4O2S/c23-17-7-3-15(4-8-17)14-27-20(11-12-24-27)26-21(28)16-5-9-18(10-6-16)25-22(29)19-2-1-13-30-19/h1-13H,14H2,(H,25,29)(H,26,28). The predicted octanol–water partition coefficient (Wildman–Crippen LogP) is 5.15. The maximum atomic E-state index is 12.6. The van der Waals surface area contributed by atoms with Gasteiger partial charge in [0.25, 0.3) is 11.8 Å². The monoisotopic (exact) mass is 436 g/mol. The van der Waals surface area contributed by atoms with Crippen LogP contribution in [0.3, 0.4) is 0 Å². The molecule has 0 unspecified atom stereocenters. The van der Waals surface area contributed by atoms with Gasteiger partial charge in [-0.15, -0.1) is 11.3 Å². The van der Waals surface area contributed by atoms with E-state index in [1.165, 1.54) is 11.3 Å². The summed E-state index contributed by atoms with van der Waals surface area (Å²) < 4.78 is 1.71. The van der Waals surface area contributed by atoms with Crippen LogP contribution in [0.4, 0.5) is 11.5 Å². The lowest BCUT2D eigenvalue weighted by molar-refractivity contribution is 0.102. The number of carbonyl (C=O) groups is 2. The van der Waals surface area contributed by atoms with Gasteiger partial charge >= 0.3 is 0 Å². The first-order chi connectivity index (χ1) is 14.6. The summed E-state index contributed by atoms with van der Waals surface area (Å²) in [5.41, 5.74) is 2.12. The van der Waals surface area contributed by atoms with E-state index in [1.54, 1.807) is 47.3 Å². The van der Waals surface area contributed by atoms with Crippen LogP contribution in [0, 0.1) is 0 Å². The second-order valence-electron chi connectivity index (χ2n) is 6.46. The molecular formula is C22H17ClN4O2S. The smallest absolute Gasteiger partial charge is 0.265 e. The Morgan fingerprint density at radius 2 is 1.70 bits per heavy atom.